The number of amides is 1. The molecular formula is C21H18ClN3O2S3. The minimum atomic E-state index is -0.135. The molecule has 9 heteroatoms. The zero-order valence-corrected chi connectivity index (χ0v) is 19.0. The van der Waals surface area contributed by atoms with Crippen molar-refractivity contribution in [1.29, 1.82) is 0 Å². The number of carbonyl (C=O) groups excluding carboxylic acids is 1. The number of hydrogen-bond acceptors (Lipinski definition) is 6. The third-order valence-corrected chi connectivity index (χ3v) is 7.63. The highest BCUT2D eigenvalue weighted by Crippen LogP contribution is 2.22. The van der Waals surface area contributed by atoms with Crippen molar-refractivity contribution in [2.24, 2.45) is 0 Å². The topological polar surface area (TPSA) is 64.0 Å². The van der Waals surface area contributed by atoms with Crippen LogP contribution in [0.2, 0.25) is 5.02 Å². The Hall–Kier alpha value is -2.13. The molecular weight excluding hydrogens is 458 g/mol. The number of aryl methyl sites for hydroxylation is 1. The summed E-state index contributed by atoms with van der Waals surface area (Å²) in [5, 5.41) is 7.96. The quantitative estimate of drug-likeness (QED) is 0.293. The molecule has 0 saturated heterocycles. The molecule has 5 nitrogen and oxygen atoms in total. The molecule has 0 aliphatic carbocycles. The smallest absolute Gasteiger partial charge is 0.272 e. The summed E-state index contributed by atoms with van der Waals surface area (Å²) in [7, 11) is 0. The van der Waals surface area contributed by atoms with Crippen LogP contribution in [0, 0.1) is 0 Å². The molecule has 30 heavy (non-hydrogen) atoms. The fourth-order valence-corrected chi connectivity index (χ4v) is 5.46. The van der Waals surface area contributed by atoms with Gasteiger partial charge in [0.2, 0.25) is 5.91 Å². The first-order chi connectivity index (χ1) is 14.6. The summed E-state index contributed by atoms with van der Waals surface area (Å²) in [5.41, 5.74) is 1.49. The highest BCUT2D eigenvalue weighted by molar-refractivity contribution is 7.99. The van der Waals surface area contributed by atoms with E-state index in [0.29, 0.717) is 33.5 Å². The normalized spacial score (nSPS) is 11.1. The number of thioether (sulfide) groups is 1. The van der Waals surface area contributed by atoms with E-state index in [4.69, 9.17) is 11.6 Å². The summed E-state index contributed by atoms with van der Waals surface area (Å²) in [6, 6.07) is 13.3. The predicted molar refractivity (Wildman–Crippen MR) is 126 cm³/mol. The van der Waals surface area contributed by atoms with Gasteiger partial charge in [-0.1, -0.05) is 47.6 Å². The Morgan fingerprint density at radius 2 is 2.00 bits per heavy atom. The van der Waals surface area contributed by atoms with Gasteiger partial charge in [-0.05, 0) is 40.9 Å². The molecule has 0 bridgehead atoms. The zero-order chi connectivity index (χ0) is 20.9. The Kier molecular flexibility index (Phi) is 6.89. The SMILES string of the molecule is O=C(CSc1nc2ccsc2c(=O)n1CCc1cccs1)NCc1ccccc1Cl. The van der Waals surface area contributed by atoms with Gasteiger partial charge in [0.05, 0.1) is 11.3 Å². The minimum Gasteiger partial charge on any atom is -0.351 e. The molecule has 0 radical (unpaired) electrons. The highest BCUT2D eigenvalue weighted by atomic mass is 35.5. The standard InChI is InChI=1S/C21H18ClN3O2S3/c22-16-6-2-1-4-14(16)12-23-18(26)13-30-21-24-17-8-11-29-19(17)20(27)25(21)9-7-15-5-3-10-28-15/h1-6,8,10-11H,7,9,12-13H2,(H,23,26). The number of carbonyl (C=O) groups is 1. The third kappa shape index (κ3) is 4.95. The van der Waals surface area contributed by atoms with Gasteiger partial charge in [0, 0.05) is 23.0 Å². The van der Waals surface area contributed by atoms with Crippen LogP contribution in [0.15, 0.2) is 63.2 Å². The molecule has 0 saturated carbocycles. The number of aromatic nitrogens is 2. The Labute approximate surface area is 190 Å². The van der Waals surface area contributed by atoms with Gasteiger partial charge in [-0.25, -0.2) is 4.98 Å². The highest BCUT2D eigenvalue weighted by Gasteiger charge is 2.14. The predicted octanol–water partition coefficient (Wildman–Crippen LogP) is 4.82. The van der Waals surface area contributed by atoms with Crippen LogP contribution in [-0.2, 0) is 24.3 Å². The number of rotatable bonds is 8. The van der Waals surface area contributed by atoms with E-state index in [2.05, 4.69) is 16.4 Å². The van der Waals surface area contributed by atoms with E-state index < -0.39 is 0 Å². The minimum absolute atomic E-state index is 0.0504. The van der Waals surface area contributed by atoms with Gasteiger partial charge < -0.3 is 5.32 Å². The average molecular weight is 476 g/mol. The van der Waals surface area contributed by atoms with Gasteiger partial charge in [-0.2, -0.15) is 0 Å². The van der Waals surface area contributed by atoms with E-state index in [9.17, 15) is 9.59 Å². The summed E-state index contributed by atoms with van der Waals surface area (Å²) in [5.74, 6) is 0.0373. The van der Waals surface area contributed by atoms with Crippen molar-refractivity contribution in [2.45, 2.75) is 24.7 Å². The summed E-state index contributed by atoms with van der Waals surface area (Å²) in [6.45, 7) is 0.894. The van der Waals surface area contributed by atoms with Gasteiger partial charge in [0.15, 0.2) is 5.16 Å². The number of nitrogens with zero attached hydrogens (tertiary/aromatic N) is 2. The second-order valence-corrected chi connectivity index (χ2v) is 9.77. The maximum Gasteiger partial charge on any atom is 0.272 e. The summed E-state index contributed by atoms with van der Waals surface area (Å²) in [4.78, 5) is 31.2. The number of fused-ring (bicyclic) bond motifs is 1. The van der Waals surface area contributed by atoms with Crippen LogP contribution in [0.5, 0.6) is 0 Å². The first-order valence-electron chi connectivity index (χ1n) is 9.25. The molecule has 3 aromatic heterocycles. The van der Waals surface area contributed by atoms with E-state index in [0.717, 1.165) is 12.0 Å². The van der Waals surface area contributed by atoms with Crippen molar-refractivity contribution < 1.29 is 4.79 Å². The molecule has 0 atom stereocenters. The Balaban J connectivity index is 1.46. The number of hydrogen-bond donors (Lipinski definition) is 1. The molecule has 1 aromatic carbocycles. The average Bonchev–Trinajstić information content (AvgIpc) is 3.43. The van der Waals surface area contributed by atoms with Crippen LogP contribution < -0.4 is 10.9 Å². The molecule has 0 aliphatic heterocycles. The lowest BCUT2D eigenvalue weighted by molar-refractivity contribution is -0.118. The van der Waals surface area contributed by atoms with Crippen molar-refractivity contribution in [3.05, 3.63) is 79.0 Å². The largest absolute Gasteiger partial charge is 0.351 e. The summed E-state index contributed by atoms with van der Waals surface area (Å²) < 4.78 is 2.33. The van der Waals surface area contributed by atoms with Crippen LogP contribution in [0.4, 0.5) is 0 Å². The summed E-state index contributed by atoms with van der Waals surface area (Å²) >= 11 is 10.5. The van der Waals surface area contributed by atoms with E-state index in [1.165, 1.54) is 28.0 Å². The number of benzene rings is 1. The fraction of sp³-hybridized carbons (Fsp3) is 0.190. The van der Waals surface area contributed by atoms with Crippen molar-refractivity contribution in [2.75, 3.05) is 5.75 Å². The van der Waals surface area contributed by atoms with Crippen molar-refractivity contribution in [3.8, 4) is 0 Å². The Morgan fingerprint density at radius 3 is 2.80 bits per heavy atom. The van der Waals surface area contributed by atoms with E-state index >= 15 is 0 Å². The van der Waals surface area contributed by atoms with E-state index in [1.54, 1.807) is 22.0 Å². The van der Waals surface area contributed by atoms with Gasteiger partial charge >= 0.3 is 0 Å². The molecule has 3 heterocycles. The first kappa shape index (κ1) is 21.1. The Morgan fingerprint density at radius 1 is 1.13 bits per heavy atom. The molecule has 1 N–H and O–H groups in total. The number of halogens is 1. The fourth-order valence-electron chi connectivity index (χ4n) is 2.92. The number of nitrogens with one attached hydrogen (secondary N) is 1. The molecule has 1 amide bonds. The molecule has 0 unspecified atom stereocenters. The lowest BCUT2D eigenvalue weighted by Crippen LogP contribution is -2.27. The molecule has 0 fully saturated rings. The van der Waals surface area contributed by atoms with E-state index in [1.807, 2.05) is 41.1 Å². The maximum absolute atomic E-state index is 13.0. The molecule has 0 spiro atoms. The lowest BCUT2D eigenvalue weighted by Gasteiger charge is -2.12. The van der Waals surface area contributed by atoms with Crippen LogP contribution >= 0.6 is 46.0 Å². The molecule has 0 aliphatic rings. The van der Waals surface area contributed by atoms with E-state index in [-0.39, 0.29) is 17.2 Å². The van der Waals surface area contributed by atoms with Crippen molar-refractivity contribution >= 4 is 62.2 Å². The third-order valence-electron chi connectivity index (χ3n) is 4.46. The van der Waals surface area contributed by atoms with Gasteiger partial charge in [-0.15, -0.1) is 22.7 Å². The van der Waals surface area contributed by atoms with Crippen LogP contribution in [0.1, 0.15) is 10.4 Å². The molecule has 154 valence electrons. The zero-order valence-electron chi connectivity index (χ0n) is 15.8. The molecule has 4 rings (SSSR count). The van der Waals surface area contributed by atoms with Crippen molar-refractivity contribution in [3.63, 3.8) is 0 Å². The summed E-state index contributed by atoms with van der Waals surface area (Å²) in [6.07, 6.45) is 0.752. The van der Waals surface area contributed by atoms with Gasteiger partial charge in [-0.3, -0.25) is 14.2 Å². The van der Waals surface area contributed by atoms with Crippen LogP contribution in [0.3, 0.4) is 0 Å². The first-order valence-corrected chi connectivity index (χ1v) is 12.4. The number of thiophene rings is 2. The lowest BCUT2D eigenvalue weighted by atomic mass is 10.2. The van der Waals surface area contributed by atoms with Gasteiger partial charge in [0.25, 0.3) is 5.56 Å². The monoisotopic (exact) mass is 475 g/mol. The van der Waals surface area contributed by atoms with Crippen molar-refractivity contribution in [1.82, 2.24) is 14.9 Å². The maximum atomic E-state index is 13.0. The van der Waals surface area contributed by atoms with Crippen LogP contribution in [0.25, 0.3) is 10.2 Å². The Bertz CT molecular complexity index is 1220. The molecule has 4 aromatic rings. The second kappa shape index (κ2) is 9.78. The van der Waals surface area contributed by atoms with Gasteiger partial charge in [0.1, 0.15) is 4.70 Å². The second-order valence-electron chi connectivity index (χ2n) is 6.47. The van der Waals surface area contributed by atoms with Crippen LogP contribution in [-0.4, -0.2) is 21.2 Å².